The topological polar surface area (TPSA) is 113 Å². The van der Waals surface area contributed by atoms with Crippen molar-refractivity contribution in [1.29, 1.82) is 0 Å². The molecule has 1 saturated carbocycles. The van der Waals surface area contributed by atoms with E-state index in [9.17, 15) is 9.59 Å². The summed E-state index contributed by atoms with van der Waals surface area (Å²) in [4.78, 5) is 23.0. The second-order valence-corrected chi connectivity index (χ2v) is 6.99. The Morgan fingerprint density at radius 3 is 2.00 bits per heavy atom. The van der Waals surface area contributed by atoms with Crippen molar-refractivity contribution < 1.29 is 34.4 Å². The van der Waals surface area contributed by atoms with E-state index < -0.39 is 5.41 Å². The first-order valence-corrected chi connectivity index (χ1v) is 8.99. The minimum Gasteiger partial charge on any atom is -0.493 e. The maximum absolute atomic E-state index is 11.5. The summed E-state index contributed by atoms with van der Waals surface area (Å²) in [6.45, 7) is 3.51. The van der Waals surface area contributed by atoms with Gasteiger partial charge in [0.2, 0.25) is 0 Å². The highest BCUT2D eigenvalue weighted by molar-refractivity contribution is 6.02. The van der Waals surface area contributed by atoms with Crippen molar-refractivity contribution >= 4 is 11.6 Å². The maximum atomic E-state index is 11.5. The van der Waals surface area contributed by atoms with Gasteiger partial charge in [0, 0.05) is 18.3 Å². The van der Waals surface area contributed by atoms with Crippen LogP contribution < -0.4 is 9.47 Å². The molecule has 1 aromatic rings. The smallest absolute Gasteiger partial charge is 0.161 e. The van der Waals surface area contributed by atoms with Crippen LogP contribution in [0.5, 0.6) is 11.5 Å². The van der Waals surface area contributed by atoms with E-state index in [0.29, 0.717) is 30.9 Å². The van der Waals surface area contributed by atoms with Gasteiger partial charge in [-0.15, -0.1) is 0 Å². The molecule has 3 N–H and O–H groups in total. The summed E-state index contributed by atoms with van der Waals surface area (Å²) in [6, 6.07) is 5.60. The van der Waals surface area contributed by atoms with Crippen molar-refractivity contribution in [2.45, 2.75) is 39.0 Å². The standard InChI is InChI=1S/C15H18O4.C5H12O3/c1-3-19-15-8-10(4-5-14(15)18-2)11-6-12(16)9-13(17)7-11;1-5(2-6,3-7)4-8/h4-5,8,11H,3,6-7,9H2,1-2H3;6-8H,2-4H2,1H3. The highest BCUT2D eigenvalue weighted by Gasteiger charge is 2.27. The van der Waals surface area contributed by atoms with Gasteiger partial charge in [-0.1, -0.05) is 13.0 Å². The van der Waals surface area contributed by atoms with Crippen LogP contribution in [0.3, 0.4) is 0 Å². The first-order valence-electron chi connectivity index (χ1n) is 8.99. The van der Waals surface area contributed by atoms with Gasteiger partial charge in [-0.3, -0.25) is 9.59 Å². The molecule has 2 rings (SSSR count). The number of ether oxygens (including phenoxy) is 2. The van der Waals surface area contributed by atoms with Gasteiger partial charge in [0.1, 0.15) is 11.6 Å². The predicted molar refractivity (Wildman–Crippen MR) is 100 cm³/mol. The van der Waals surface area contributed by atoms with E-state index >= 15 is 0 Å². The van der Waals surface area contributed by atoms with Gasteiger partial charge in [-0.05, 0) is 30.5 Å². The van der Waals surface area contributed by atoms with Gasteiger partial charge in [-0.2, -0.15) is 0 Å². The van der Waals surface area contributed by atoms with Crippen molar-refractivity contribution in [3.8, 4) is 11.5 Å². The summed E-state index contributed by atoms with van der Waals surface area (Å²) in [6.07, 6.45) is 0.957. The summed E-state index contributed by atoms with van der Waals surface area (Å²) in [5.74, 6) is 1.34. The van der Waals surface area contributed by atoms with Gasteiger partial charge < -0.3 is 24.8 Å². The largest absolute Gasteiger partial charge is 0.493 e. The fourth-order valence-corrected chi connectivity index (χ4v) is 2.59. The molecular weight excluding hydrogens is 352 g/mol. The molecule has 0 radical (unpaired) electrons. The molecule has 27 heavy (non-hydrogen) atoms. The quantitative estimate of drug-likeness (QED) is 0.612. The van der Waals surface area contributed by atoms with E-state index in [0.717, 1.165) is 5.56 Å². The van der Waals surface area contributed by atoms with E-state index in [1.165, 1.54) is 0 Å². The number of aliphatic hydroxyl groups is 3. The Labute approximate surface area is 159 Å². The Hall–Kier alpha value is -1.96. The molecule has 1 aliphatic rings. The second kappa shape index (κ2) is 11.0. The lowest BCUT2D eigenvalue weighted by Crippen LogP contribution is -2.29. The van der Waals surface area contributed by atoms with Crippen LogP contribution in [0.2, 0.25) is 0 Å². The molecule has 0 atom stereocenters. The third-order valence-corrected chi connectivity index (χ3v) is 4.45. The normalized spacial score (nSPS) is 15.2. The third-order valence-electron chi connectivity index (χ3n) is 4.45. The van der Waals surface area contributed by atoms with E-state index in [1.54, 1.807) is 14.0 Å². The Balaban J connectivity index is 0.000000387. The van der Waals surface area contributed by atoms with E-state index in [4.69, 9.17) is 24.8 Å². The molecule has 0 aliphatic heterocycles. The summed E-state index contributed by atoms with van der Waals surface area (Å²) in [7, 11) is 1.59. The Morgan fingerprint density at radius 2 is 1.59 bits per heavy atom. The van der Waals surface area contributed by atoms with Gasteiger partial charge in [-0.25, -0.2) is 0 Å². The van der Waals surface area contributed by atoms with Crippen LogP contribution in [0.1, 0.15) is 44.6 Å². The van der Waals surface area contributed by atoms with Gasteiger partial charge in [0.15, 0.2) is 11.5 Å². The van der Waals surface area contributed by atoms with Crippen LogP contribution in [-0.2, 0) is 9.59 Å². The Kier molecular flexibility index (Phi) is 9.41. The lowest BCUT2D eigenvalue weighted by Gasteiger charge is -2.21. The summed E-state index contributed by atoms with van der Waals surface area (Å²) in [5.41, 5.74) is 0.255. The summed E-state index contributed by atoms with van der Waals surface area (Å²) in [5, 5.41) is 25.4. The SMILES string of the molecule is CC(CO)(CO)CO.CCOc1cc(C2CC(=O)CC(=O)C2)ccc1OC. The number of Topliss-reactive ketones (excluding diaryl/α,β-unsaturated/α-hetero) is 2. The van der Waals surface area contributed by atoms with Gasteiger partial charge >= 0.3 is 0 Å². The molecule has 7 heteroatoms. The molecule has 0 unspecified atom stereocenters. The molecule has 0 spiro atoms. The fourth-order valence-electron chi connectivity index (χ4n) is 2.59. The minimum absolute atomic E-state index is 0.0232. The highest BCUT2D eigenvalue weighted by atomic mass is 16.5. The van der Waals surface area contributed by atoms with Crippen LogP contribution in [0, 0.1) is 5.41 Å². The van der Waals surface area contributed by atoms with E-state index in [-0.39, 0.29) is 43.7 Å². The van der Waals surface area contributed by atoms with Crippen LogP contribution in [0.25, 0.3) is 0 Å². The fraction of sp³-hybridized carbons (Fsp3) is 0.600. The van der Waals surface area contributed by atoms with Crippen molar-refractivity contribution in [2.24, 2.45) is 5.41 Å². The first-order chi connectivity index (χ1) is 12.8. The van der Waals surface area contributed by atoms with E-state index in [1.807, 2.05) is 25.1 Å². The van der Waals surface area contributed by atoms with Gasteiger partial charge in [0.05, 0.1) is 40.0 Å². The van der Waals surface area contributed by atoms with Crippen LogP contribution >= 0.6 is 0 Å². The molecule has 0 bridgehead atoms. The number of ketones is 2. The molecule has 152 valence electrons. The van der Waals surface area contributed by atoms with Crippen molar-refractivity contribution in [2.75, 3.05) is 33.5 Å². The summed E-state index contributed by atoms with van der Waals surface area (Å²) < 4.78 is 10.7. The zero-order chi connectivity index (χ0) is 20.4. The zero-order valence-electron chi connectivity index (χ0n) is 16.2. The number of carbonyl (C=O) groups excluding carboxylic acids is 2. The predicted octanol–water partition coefficient (Wildman–Crippen LogP) is 1.47. The van der Waals surface area contributed by atoms with Gasteiger partial charge in [0.25, 0.3) is 0 Å². The second-order valence-electron chi connectivity index (χ2n) is 6.99. The number of aliphatic hydroxyl groups excluding tert-OH is 3. The van der Waals surface area contributed by atoms with E-state index in [2.05, 4.69) is 0 Å². The summed E-state index contributed by atoms with van der Waals surface area (Å²) >= 11 is 0. The zero-order valence-corrected chi connectivity index (χ0v) is 16.2. The highest BCUT2D eigenvalue weighted by Crippen LogP contribution is 2.35. The number of benzene rings is 1. The van der Waals surface area contributed by atoms with Crippen molar-refractivity contribution in [3.63, 3.8) is 0 Å². The average Bonchev–Trinajstić information content (AvgIpc) is 2.67. The minimum atomic E-state index is -0.708. The maximum Gasteiger partial charge on any atom is 0.161 e. The molecule has 1 aliphatic carbocycles. The lowest BCUT2D eigenvalue weighted by molar-refractivity contribution is -0.130. The van der Waals surface area contributed by atoms with Crippen LogP contribution in [0.4, 0.5) is 0 Å². The number of carbonyl (C=O) groups is 2. The molecule has 1 aromatic carbocycles. The van der Waals surface area contributed by atoms with Crippen LogP contribution in [0.15, 0.2) is 18.2 Å². The molecule has 0 saturated heterocycles. The number of rotatable bonds is 7. The monoisotopic (exact) mass is 382 g/mol. The molecular formula is C20H30O7. The number of hydrogen-bond donors (Lipinski definition) is 3. The number of hydrogen-bond acceptors (Lipinski definition) is 7. The first kappa shape index (κ1) is 23.1. The van der Waals surface area contributed by atoms with Crippen LogP contribution in [-0.4, -0.2) is 60.4 Å². The Bertz CT molecular complexity index is 598. The third kappa shape index (κ3) is 6.93. The molecule has 0 amide bonds. The molecule has 0 aromatic heterocycles. The van der Waals surface area contributed by atoms with Crippen molar-refractivity contribution in [1.82, 2.24) is 0 Å². The Morgan fingerprint density at radius 1 is 1.04 bits per heavy atom. The lowest BCUT2D eigenvalue weighted by atomic mass is 9.82. The van der Waals surface area contributed by atoms with Crippen molar-refractivity contribution in [3.05, 3.63) is 23.8 Å². The average molecular weight is 382 g/mol. The number of methoxy groups -OCH3 is 1. The molecule has 7 nitrogen and oxygen atoms in total. The molecule has 0 heterocycles. The molecule has 1 fully saturated rings.